The van der Waals surface area contributed by atoms with Gasteiger partial charge in [0.2, 0.25) is 17.5 Å². The molecule has 0 fully saturated rings. The van der Waals surface area contributed by atoms with Crippen molar-refractivity contribution in [2.24, 2.45) is 0 Å². The number of nitrogens with zero attached hydrogens (tertiary/aromatic N) is 4. The quantitative estimate of drug-likeness (QED) is 0.626. The summed E-state index contributed by atoms with van der Waals surface area (Å²) in [5, 5.41) is 18.3. The summed E-state index contributed by atoms with van der Waals surface area (Å²) in [4.78, 5) is 6.74. The minimum Gasteiger partial charge on any atom is -0.420 e. The molecule has 0 unspecified atom stereocenters. The Morgan fingerprint density at radius 2 is 1.85 bits per heavy atom. The first-order valence-electron chi connectivity index (χ1n) is 8.15. The van der Waals surface area contributed by atoms with E-state index in [1.807, 2.05) is 13.0 Å². The van der Waals surface area contributed by atoms with Crippen LogP contribution < -0.4 is 0 Å². The maximum Gasteiger partial charge on any atom is 0.247 e. The number of benzene rings is 2. The topological polar surface area (TPSA) is 67.9 Å². The van der Waals surface area contributed by atoms with Crippen molar-refractivity contribution in [3.05, 3.63) is 81.3 Å². The molecule has 1 atom stereocenters. The van der Waals surface area contributed by atoms with Crippen LogP contribution in [-0.4, -0.2) is 21.9 Å². The summed E-state index contributed by atoms with van der Waals surface area (Å²) in [6.45, 7) is 15.8. The van der Waals surface area contributed by atoms with E-state index in [2.05, 4.69) is 19.9 Å². The molecule has 0 aliphatic rings. The van der Waals surface area contributed by atoms with Crippen LogP contribution in [0.2, 0.25) is 5.02 Å². The molecule has 0 radical (unpaired) electrons. The number of aliphatic hydroxyl groups excluding tert-OH is 1. The van der Waals surface area contributed by atoms with Gasteiger partial charge in [-0.3, -0.25) is 0 Å². The molecule has 1 N–H and O–H groups in total. The predicted octanol–water partition coefficient (Wildman–Crippen LogP) is 5.12. The molecular formula is C20H15ClN4O2. The average molecular weight is 379 g/mol. The first kappa shape index (κ1) is 18.6. The van der Waals surface area contributed by atoms with Gasteiger partial charge in [-0.15, -0.1) is 10.2 Å². The van der Waals surface area contributed by atoms with Crippen molar-refractivity contribution >= 4 is 23.0 Å². The van der Waals surface area contributed by atoms with Crippen LogP contribution in [-0.2, 0) is 6.42 Å². The molecular weight excluding hydrogens is 364 g/mol. The molecule has 27 heavy (non-hydrogen) atoms. The SMILES string of the molecule is [C-]#[N+]c1ccc(-c2nnc([C@@H](CO)Cc3ccc([N+]#[C-])c(Cl)c3C)o2)cc1. The van der Waals surface area contributed by atoms with E-state index >= 15 is 0 Å². The summed E-state index contributed by atoms with van der Waals surface area (Å²) in [6.07, 6.45) is 0.457. The summed E-state index contributed by atoms with van der Waals surface area (Å²) < 4.78 is 5.74. The van der Waals surface area contributed by atoms with E-state index in [1.54, 1.807) is 30.3 Å². The molecule has 0 amide bonds. The van der Waals surface area contributed by atoms with Gasteiger partial charge in [-0.05, 0) is 24.5 Å². The third kappa shape index (κ3) is 3.83. The lowest BCUT2D eigenvalue weighted by molar-refractivity contribution is 0.244. The summed E-state index contributed by atoms with van der Waals surface area (Å²) in [7, 11) is 0. The fourth-order valence-corrected chi connectivity index (χ4v) is 2.94. The maximum absolute atomic E-state index is 9.81. The second-order valence-electron chi connectivity index (χ2n) is 5.98. The van der Waals surface area contributed by atoms with Crippen LogP contribution >= 0.6 is 11.6 Å². The summed E-state index contributed by atoms with van der Waals surface area (Å²) >= 11 is 6.23. The number of hydrogen-bond donors (Lipinski definition) is 1. The van der Waals surface area contributed by atoms with Gasteiger partial charge < -0.3 is 9.52 Å². The molecule has 0 aliphatic carbocycles. The van der Waals surface area contributed by atoms with Crippen LogP contribution in [0, 0.1) is 20.1 Å². The zero-order valence-electron chi connectivity index (χ0n) is 14.5. The maximum atomic E-state index is 9.81. The molecule has 1 aromatic heterocycles. The minimum absolute atomic E-state index is 0.167. The zero-order valence-corrected chi connectivity index (χ0v) is 15.2. The van der Waals surface area contributed by atoms with Gasteiger partial charge in [0.1, 0.15) is 0 Å². The van der Waals surface area contributed by atoms with Crippen molar-refractivity contribution in [2.75, 3.05) is 6.61 Å². The summed E-state index contributed by atoms with van der Waals surface area (Å²) in [5.41, 5.74) is 3.35. The van der Waals surface area contributed by atoms with Crippen LogP contribution in [0.25, 0.3) is 21.1 Å². The molecule has 3 rings (SSSR count). The van der Waals surface area contributed by atoms with Gasteiger partial charge in [0, 0.05) is 5.56 Å². The van der Waals surface area contributed by atoms with Crippen molar-refractivity contribution < 1.29 is 9.52 Å². The molecule has 134 valence electrons. The van der Waals surface area contributed by atoms with E-state index in [1.165, 1.54) is 0 Å². The lowest BCUT2D eigenvalue weighted by Gasteiger charge is -2.13. The highest BCUT2D eigenvalue weighted by Crippen LogP contribution is 2.33. The molecule has 3 aromatic rings. The molecule has 0 saturated carbocycles. The van der Waals surface area contributed by atoms with Crippen molar-refractivity contribution in [3.63, 3.8) is 0 Å². The third-order valence-electron chi connectivity index (χ3n) is 4.32. The highest BCUT2D eigenvalue weighted by Gasteiger charge is 2.21. The van der Waals surface area contributed by atoms with E-state index in [4.69, 9.17) is 29.2 Å². The Balaban J connectivity index is 1.85. The molecule has 0 saturated heterocycles. The first-order valence-corrected chi connectivity index (χ1v) is 8.52. The van der Waals surface area contributed by atoms with Crippen molar-refractivity contribution in [3.8, 4) is 11.5 Å². The third-order valence-corrected chi connectivity index (χ3v) is 4.80. The van der Waals surface area contributed by atoms with E-state index in [9.17, 15) is 5.11 Å². The Hall–Kier alpha value is -3.19. The van der Waals surface area contributed by atoms with Crippen LogP contribution in [0.4, 0.5) is 11.4 Å². The Morgan fingerprint density at radius 3 is 2.48 bits per heavy atom. The predicted molar refractivity (Wildman–Crippen MR) is 102 cm³/mol. The zero-order chi connectivity index (χ0) is 19.4. The van der Waals surface area contributed by atoms with Crippen molar-refractivity contribution in [1.82, 2.24) is 10.2 Å². The van der Waals surface area contributed by atoms with Crippen molar-refractivity contribution in [1.29, 1.82) is 0 Å². The second-order valence-corrected chi connectivity index (χ2v) is 6.36. The van der Waals surface area contributed by atoms with Crippen molar-refractivity contribution in [2.45, 2.75) is 19.3 Å². The standard InChI is InChI=1S/C20H15ClN4O2/c1-12-14(6-9-17(23-3)18(12)21)10-15(11-26)20-25-24-19(27-20)13-4-7-16(22-2)8-5-13/h4-9,15,26H,10-11H2,1H3/t15-/m1/s1. The van der Waals surface area contributed by atoms with E-state index < -0.39 is 0 Å². The monoisotopic (exact) mass is 378 g/mol. The number of rotatable bonds is 5. The second kappa shape index (κ2) is 8.01. The smallest absolute Gasteiger partial charge is 0.247 e. The fraction of sp³-hybridized carbons (Fsp3) is 0.200. The lowest BCUT2D eigenvalue weighted by Crippen LogP contribution is -2.09. The van der Waals surface area contributed by atoms with Gasteiger partial charge in [0.05, 0.1) is 30.7 Å². The largest absolute Gasteiger partial charge is 0.420 e. The normalized spacial score (nSPS) is 11.6. The van der Waals surface area contributed by atoms with Crippen LogP contribution in [0.15, 0.2) is 40.8 Å². The Bertz CT molecular complexity index is 1050. The molecule has 0 aliphatic heterocycles. The molecule has 6 nitrogen and oxygen atoms in total. The number of aliphatic hydroxyl groups is 1. The summed E-state index contributed by atoms with van der Waals surface area (Å²) in [5.74, 6) is 0.270. The van der Waals surface area contributed by atoms with Gasteiger partial charge >= 0.3 is 0 Å². The number of halogens is 1. The molecule has 0 spiro atoms. The van der Waals surface area contributed by atoms with Crippen LogP contribution in [0.5, 0.6) is 0 Å². The number of aromatic nitrogens is 2. The highest BCUT2D eigenvalue weighted by atomic mass is 35.5. The van der Waals surface area contributed by atoms with E-state index in [0.717, 1.165) is 11.1 Å². The molecule has 1 heterocycles. The summed E-state index contributed by atoms with van der Waals surface area (Å²) in [6, 6.07) is 10.3. The van der Waals surface area contributed by atoms with Gasteiger partial charge in [0.25, 0.3) is 0 Å². The minimum atomic E-state index is -0.387. The van der Waals surface area contributed by atoms with Gasteiger partial charge in [-0.25, -0.2) is 9.69 Å². The van der Waals surface area contributed by atoms with Gasteiger partial charge in [-0.2, -0.15) is 0 Å². The molecule has 2 aromatic carbocycles. The van der Waals surface area contributed by atoms with Gasteiger partial charge in [0.15, 0.2) is 5.69 Å². The highest BCUT2D eigenvalue weighted by molar-refractivity contribution is 6.34. The van der Waals surface area contributed by atoms with E-state index in [0.29, 0.717) is 40.2 Å². The van der Waals surface area contributed by atoms with Gasteiger partial charge in [-0.1, -0.05) is 48.0 Å². The lowest BCUT2D eigenvalue weighted by atomic mass is 9.96. The van der Waals surface area contributed by atoms with E-state index in [-0.39, 0.29) is 12.5 Å². The van der Waals surface area contributed by atoms with Crippen LogP contribution in [0.3, 0.4) is 0 Å². The fourth-order valence-electron chi connectivity index (χ4n) is 2.71. The molecule has 7 heteroatoms. The first-order chi connectivity index (χ1) is 13.1. The Morgan fingerprint density at radius 1 is 1.11 bits per heavy atom. The van der Waals surface area contributed by atoms with Crippen LogP contribution in [0.1, 0.15) is 22.9 Å². The molecule has 0 bridgehead atoms. The number of hydrogen-bond acceptors (Lipinski definition) is 4. The Labute approximate surface area is 161 Å². The Kier molecular flexibility index (Phi) is 5.52. The average Bonchev–Trinajstić information content (AvgIpc) is 3.19.